The standard InChI is InChI=1S/C19H19NO3/c21-18(20-8-7-10-3-1-2-4-15(10)20)16-11-5-6-12(14-9-13(11)14)17(16)19(22)23/h1-6,11-14,16-17H,7-9H2,(H,22,23)/t11-,12+,13+,14+,16-,17-/m0/s1. The second kappa shape index (κ2) is 4.47. The highest BCUT2D eigenvalue weighted by molar-refractivity contribution is 5.99. The summed E-state index contributed by atoms with van der Waals surface area (Å²) in [4.78, 5) is 27.0. The summed E-state index contributed by atoms with van der Waals surface area (Å²) in [6.07, 6.45) is 6.15. The number of anilines is 1. The molecule has 6 atom stereocenters. The molecule has 4 aliphatic carbocycles. The molecule has 1 N–H and O–H groups in total. The van der Waals surface area contributed by atoms with E-state index in [0.717, 1.165) is 18.5 Å². The first-order chi connectivity index (χ1) is 11.2. The Labute approximate surface area is 134 Å². The zero-order chi connectivity index (χ0) is 15.7. The molecule has 2 bridgehead atoms. The summed E-state index contributed by atoms with van der Waals surface area (Å²) in [7, 11) is 0. The summed E-state index contributed by atoms with van der Waals surface area (Å²) in [5.74, 6) is -0.520. The molecular weight excluding hydrogens is 290 g/mol. The Kier molecular flexibility index (Phi) is 2.59. The SMILES string of the molecule is O=C(O)[C@H]1[C@@H]2C=C[C@@H]([C@H]3C[C@H]23)[C@@H]1C(=O)N1CCc2ccccc21. The van der Waals surface area contributed by atoms with Crippen LogP contribution < -0.4 is 4.90 Å². The molecule has 0 saturated heterocycles. The van der Waals surface area contributed by atoms with E-state index in [1.807, 2.05) is 23.1 Å². The predicted molar refractivity (Wildman–Crippen MR) is 84.8 cm³/mol. The fraction of sp³-hybridized carbons (Fsp3) is 0.474. The van der Waals surface area contributed by atoms with E-state index >= 15 is 0 Å². The second-order valence-corrected chi connectivity index (χ2v) is 7.36. The lowest BCUT2D eigenvalue weighted by Gasteiger charge is -2.43. The summed E-state index contributed by atoms with van der Waals surface area (Å²) in [6, 6.07) is 7.98. The van der Waals surface area contributed by atoms with Crippen LogP contribution in [0, 0.1) is 35.5 Å². The van der Waals surface area contributed by atoms with Crippen molar-refractivity contribution in [2.45, 2.75) is 12.8 Å². The van der Waals surface area contributed by atoms with E-state index in [2.05, 4.69) is 18.2 Å². The molecule has 1 heterocycles. The Morgan fingerprint density at radius 3 is 2.48 bits per heavy atom. The first-order valence-electron chi connectivity index (χ1n) is 8.47. The summed E-state index contributed by atoms with van der Waals surface area (Å²) < 4.78 is 0. The minimum absolute atomic E-state index is 0.0204. The fourth-order valence-electron chi connectivity index (χ4n) is 5.30. The number of rotatable bonds is 2. The van der Waals surface area contributed by atoms with Gasteiger partial charge in [-0.3, -0.25) is 9.59 Å². The first kappa shape index (κ1) is 13.3. The summed E-state index contributed by atoms with van der Waals surface area (Å²) >= 11 is 0. The number of carboxylic acid groups (broad SMARTS) is 1. The summed E-state index contributed by atoms with van der Waals surface area (Å²) in [6.45, 7) is 0.677. The van der Waals surface area contributed by atoms with Crippen LogP contribution in [0.2, 0.25) is 0 Å². The smallest absolute Gasteiger partial charge is 0.307 e. The monoisotopic (exact) mass is 309 g/mol. The number of benzene rings is 1. The third kappa shape index (κ3) is 1.72. The summed E-state index contributed by atoms with van der Waals surface area (Å²) in [5.41, 5.74) is 2.16. The fourth-order valence-corrected chi connectivity index (χ4v) is 5.30. The number of amides is 1. The Hall–Kier alpha value is -2.10. The van der Waals surface area contributed by atoms with Crippen molar-refractivity contribution in [2.24, 2.45) is 35.5 Å². The van der Waals surface area contributed by atoms with E-state index in [9.17, 15) is 14.7 Å². The molecule has 0 spiro atoms. The molecule has 4 nitrogen and oxygen atoms in total. The average Bonchev–Trinajstić information content (AvgIpc) is 3.28. The largest absolute Gasteiger partial charge is 0.481 e. The van der Waals surface area contributed by atoms with Gasteiger partial charge in [-0.15, -0.1) is 0 Å². The third-order valence-corrected chi connectivity index (χ3v) is 6.38. The zero-order valence-electron chi connectivity index (χ0n) is 12.8. The van der Waals surface area contributed by atoms with Gasteiger partial charge in [0.25, 0.3) is 0 Å². The number of aliphatic carboxylic acids is 1. The molecule has 0 radical (unpaired) electrons. The molecule has 1 aromatic carbocycles. The quantitative estimate of drug-likeness (QED) is 0.853. The number of carbonyl (C=O) groups is 2. The van der Waals surface area contributed by atoms with Gasteiger partial charge in [-0.1, -0.05) is 30.4 Å². The van der Waals surface area contributed by atoms with Gasteiger partial charge >= 0.3 is 5.97 Å². The lowest BCUT2D eigenvalue weighted by atomic mass is 9.62. The number of hydrogen-bond acceptors (Lipinski definition) is 2. The molecule has 0 aromatic heterocycles. The van der Waals surface area contributed by atoms with Gasteiger partial charge in [0.15, 0.2) is 0 Å². The van der Waals surface area contributed by atoms with Gasteiger partial charge in [0.1, 0.15) is 0 Å². The highest BCUT2D eigenvalue weighted by Gasteiger charge is 2.63. The molecule has 0 unspecified atom stereocenters. The van der Waals surface area contributed by atoms with Gasteiger partial charge in [0, 0.05) is 12.2 Å². The number of hydrogen-bond donors (Lipinski definition) is 1. The molecule has 118 valence electrons. The number of allylic oxidation sites excluding steroid dienone is 2. The lowest BCUT2D eigenvalue weighted by molar-refractivity contribution is -0.152. The highest BCUT2D eigenvalue weighted by Crippen LogP contribution is 2.64. The second-order valence-electron chi connectivity index (χ2n) is 7.36. The number of carbonyl (C=O) groups excluding carboxylic acids is 1. The van der Waals surface area contributed by atoms with E-state index in [1.54, 1.807) is 0 Å². The molecule has 4 heteroatoms. The van der Waals surface area contributed by atoms with E-state index in [1.165, 1.54) is 5.56 Å². The molecule has 1 aromatic rings. The Morgan fingerprint density at radius 2 is 1.74 bits per heavy atom. The maximum Gasteiger partial charge on any atom is 0.307 e. The van der Waals surface area contributed by atoms with Crippen LogP contribution in [0.25, 0.3) is 0 Å². The van der Waals surface area contributed by atoms with Crippen molar-refractivity contribution in [3.8, 4) is 0 Å². The van der Waals surface area contributed by atoms with Crippen molar-refractivity contribution < 1.29 is 14.7 Å². The van der Waals surface area contributed by atoms with Crippen LogP contribution in [0.5, 0.6) is 0 Å². The Morgan fingerprint density at radius 1 is 1.04 bits per heavy atom. The van der Waals surface area contributed by atoms with Crippen LogP contribution in [0.15, 0.2) is 36.4 Å². The van der Waals surface area contributed by atoms with Crippen LogP contribution in [-0.2, 0) is 16.0 Å². The third-order valence-electron chi connectivity index (χ3n) is 6.38. The van der Waals surface area contributed by atoms with Crippen LogP contribution in [-0.4, -0.2) is 23.5 Å². The molecule has 6 rings (SSSR count). The van der Waals surface area contributed by atoms with Crippen molar-refractivity contribution in [1.82, 2.24) is 0 Å². The lowest BCUT2D eigenvalue weighted by Crippen LogP contribution is -2.51. The maximum absolute atomic E-state index is 13.3. The number of carboxylic acids is 1. The minimum atomic E-state index is -0.805. The number of para-hydroxylation sites is 1. The molecule has 5 aliphatic rings. The van der Waals surface area contributed by atoms with Gasteiger partial charge < -0.3 is 10.0 Å². The molecule has 2 fully saturated rings. The van der Waals surface area contributed by atoms with E-state index in [-0.39, 0.29) is 17.7 Å². The molecular formula is C19H19NO3. The van der Waals surface area contributed by atoms with Crippen LogP contribution >= 0.6 is 0 Å². The van der Waals surface area contributed by atoms with E-state index in [0.29, 0.717) is 18.4 Å². The highest BCUT2D eigenvalue weighted by atomic mass is 16.4. The Balaban J connectivity index is 1.52. The molecule has 2 saturated carbocycles. The van der Waals surface area contributed by atoms with Gasteiger partial charge in [-0.05, 0) is 48.1 Å². The van der Waals surface area contributed by atoms with Crippen molar-refractivity contribution in [2.75, 3.05) is 11.4 Å². The zero-order valence-corrected chi connectivity index (χ0v) is 12.8. The average molecular weight is 309 g/mol. The predicted octanol–water partition coefficient (Wildman–Crippen LogP) is 2.34. The van der Waals surface area contributed by atoms with Gasteiger partial charge in [-0.25, -0.2) is 0 Å². The van der Waals surface area contributed by atoms with E-state index in [4.69, 9.17) is 0 Å². The van der Waals surface area contributed by atoms with E-state index < -0.39 is 17.8 Å². The van der Waals surface area contributed by atoms with Gasteiger partial charge in [0.2, 0.25) is 5.91 Å². The minimum Gasteiger partial charge on any atom is -0.481 e. The maximum atomic E-state index is 13.3. The van der Waals surface area contributed by atoms with Gasteiger partial charge in [-0.2, -0.15) is 0 Å². The van der Waals surface area contributed by atoms with Crippen molar-refractivity contribution in [3.63, 3.8) is 0 Å². The van der Waals surface area contributed by atoms with Crippen molar-refractivity contribution in [3.05, 3.63) is 42.0 Å². The normalized spacial score (nSPS) is 39.0. The molecule has 1 amide bonds. The van der Waals surface area contributed by atoms with Crippen LogP contribution in [0.4, 0.5) is 5.69 Å². The molecule has 23 heavy (non-hydrogen) atoms. The topological polar surface area (TPSA) is 57.6 Å². The number of fused-ring (bicyclic) bond motifs is 2. The van der Waals surface area contributed by atoms with Crippen molar-refractivity contribution in [1.29, 1.82) is 0 Å². The Bertz CT molecular complexity index is 740. The molecule has 1 aliphatic heterocycles. The first-order valence-corrected chi connectivity index (χ1v) is 8.47. The summed E-state index contributed by atoms with van der Waals surface area (Å²) in [5, 5.41) is 9.75. The van der Waals surface area contributed by atoms with Crippen LogP contribution in [0.1, 0.15) is 12.0 Å². The van der Waals surface area contributed by atoms with Crippen molar-refractivity contribution >= 4 is 17.6 Å². The van der Waals surface area contributed by atoms with Gasteiger partial charge in [0.05, 0.1) is 11.8 Å². The number of nitrogens with zero attached hydrogens (tertiary/aromatic N) is 1. The van der Waals surface area contributed by atoms with Crippen LogP contribution in [0.3, 0.4) is 0 Å².